The van der Waals surface area contributed by atoms with Crippen molar-refractivity contribution in [2.24, 2.45) is 11.8 Å². The highest BCUT2D eigenvalue weighted by molar-refractivity contribution is 7.89. The summed E-state index contributed by atoms with van der Waals surface area (Å²) in [5, 5.41) is 2.82. The molecular weight excluding hydrogens is 454 g/mol. The molecule has 0 saturated carbocycles. The highest BCUT2D eigenvalue weighted by Crippen LogP contribution is 2.34. The van der Waals surface area contributed by atoms with E-state index in [1.165, 1.54) is 23.5 Å². The van der Waals surface area contributed by atoms with E-state index in [1.807, 2.05) is 0 Å². The van der Waals surface area contributed by atoms with Gasteiger partial charge in [-0.25, -0.2) is 8.42 Å². The van der Waals surface area contributed by atoms with Crippen molar-refractivity contribution in [3.63, 3.8) is 0 Å². The summed E-state index contributed by atoms with van der Waals surface area (Å²) in [5.41, 5.74) is 1.34. The van der Waals surface area contributed by atoms with Gasteiger partial charge in [-0.2, -0.15) is 4.31 Å². The molecule has 1 N–H and O–H groups in total. The molecule has 0 spiro atoms. The van der Waals surface area contributed by atoms with Crippen LogP contribution in [0.3, 0.4) is 0 Å². The summed E-state index contributed by atoms with van der Waals surface area (Å²) in [5.74, 6) is 0.710. The Morgan fingerprint density at radius 2 is 1.82 bits per heavy atom. The number of piperidine rings is 1. The van der Waals surface area contributed by atoms with Crippen LogP contribution >= 0.6 is 0 Å². The van der Waals surface area contributed by atoms with Crippen molar-refractivity contribution in [2.75, 3.05) is 37.0 Å². The van der Waals surface area contributed by atoms with Crippen LogP contribution in [0.25, 0.3) is 0 Å². The number of sulfonamides is 1. The summed E-state index contributed by atoms with van der Waals surface area (Å²) in [6.07, 6.45) is 2.26. The van der Waals surface area contributed by atoms with E-state index in [9.17, 15) is 18.0 Å². The summed E-state index contributed by atoms with van der Waals surface area (Å²) in [4.78, 5) is 27.0. The molecule has 34 heavy (non-hydrogen) atoms. The number of ether oxygens (including phenoxy) is 1. The zero-order valence-corrected chi connectivity index (χ0v) is 20.6. The molecule has 2 aliphatic heterocycles. The molecule has 0 aliphatic carbocycles. The molecule has 2 atom stereocenters. The fourth-order valence-electron chi connectivity index (χ4n) is 4.83. The molecule has 0 radical (unpaired) electrons. The third-order valence-electron chi connectivity index (χ3n) is 6.37. The Kier molecular flexibility index (Phi) is 6.95. The fourth-order valence-corrected chi connectivity index (χ4v) is 6.56. The SMILES string of the molecule is COc1ccc(NC(=O)c2cccc(S(=O)(=O)N3CC(C)CC(C)C3)c2)cc1N1CCCC1=O. The lowest BCUT2D eigenvalue weighted by molar-refractivity contribution is -0.117. The summed E-state index contributed by atoms with van der Waals surface area (Å²) >= 11 is 0. The Labute approximate surface area is 200 Å². The summed E-state index contributed by atoms with van der Waals surface area (Å²) in [7, 11) is -2.16. The van der Waals surface area contributed by atoms with Crippen molar-refractivity contribution in [3.05, 3.63) is 48.0 Å². The van der Waals surface area contributed by atoms with E-state index in [1.54, 1.807) is 35.2 Å². The predicted molar refractivity (Wildman–Crippen MR) is 131 cm³/mol. The van der Waals surface area contributed by atoms with Crippen LogP contribution < -0.4 is 15.0 Å². The van der Waals surface area contributed by atoms with Crippen molar-refractivity contribution in [1.29, 1.82) is 0 Å². The molecule has 0 bridgehead atoms. The standard InChI is InChI=1S/C25H31N3O5S/c1-17-12-18(2)16-27(15-17)34(31,32)21-7-4-6-19(13-21)25(30)26-20-9-10-23(33-3)22(14-20)28-11-5-8-24(28)29/h4,6-7,9-10,13-14,17-18H,5,8,11-12,15-16H2,1-3H3,(H,26,30). The van der Waals surface area contributed by atoms with Gasteiger partial charge in [0.05, 0.1) is 17.7 Å². The largest absolute Gasteiger partial charge is 0.495 e. The number of carbonyl (C=O) groups excluding carboxylic acids is 2. The first-order chi connectivity index (χ1) is 16.2. The Hall–Kier alpha value is -2.91. The van der Waals surface area contributed by atoms with Crippen LogP contribution in [0.2, 0.25) is 0 Å². The molecule has 8 nitrogen and oxygen atoms in total. The molecule has 182 valence electrons. The number of anilines is 2. The van der Waals surface area contributed by atoms with Crippen LogP contribution in [0.1, 0.15) is 43.5 Å². The van der Waals surface area contributed by atoms with Gasteiger partial charge >= 0.3 is 0 Å². The average Bonchev–Trinajstić information content (AvgIpc) is 3.24. The molecule has 2 saturated heterocycles. The van der Waals surface area contributed by atoms with Crippen LogP contribution in [0, 0.1) is 11.8 Å². The number of nitrogens with zero attached hydrogens (tertiary/aromatic N) is 2. The summed E-state index contributed by atoms with van der Waals surface area (Å²) in [6, 6.07) is 11.2. The number of methoxy groups -OCH3 is 1. The maximum atomic E-state index is 13.2. The second-order valence-electron chi connectivity index (χ2n) is 9.29. The van der Waals surface area contributed by atoms with Gasteiger partial charge in [0.25, 0.3) is 5.91 Å². The molecule has 0 aromatic heterocycles. The minimum Gasteiger partial charge on any atom is -0.495 e. The Balaban J connectivity index is 1.56. The molecule has 2 aromatic rings. The molecule has 2 fully saturated rings. The van der Waals surface area contributed by atoms with E-state index in [-0.39, 0.29) is 28.2 Å². The van der Waals surface area contributed by atoms with Gasteiger partial charge in [-0.1, -0.05) is 19.9 Å². The predicted octanol–water partition coefficient (Wildman–Crippen LogP) is 3.74. The average molecular weight is 486 g/mol. The van der Waals surface area contributed by atoms with Gasteiger partial charge in [0.15, 0.2) is 0 Å². The smallest absolute Gasteiger partial charge is 0.255 e. The van der Waals surface area contributed by atoms with E-state index in [4.69, 9.17) is 4.74 Å². The van der Waals surface area contributed by atoms with Gasteiger partial charge in [-0.3, -0.25) is 9.59 Å². The highest BCUT2D eigenvalue weighted by atomic mass is 32.2. The lowest BCUT2D eigenvalue weighted by atomic mass is 9.94. The van der Waals surface area contributed by atoms with Crippen LogP contribution in [0.15, 0.2) is 47.4 Å². The number of rotatable bonds is 6. The van der Waals surface area contributed by atoms with Crippen molar-refractivity contribution >= 4 is 33.2 Å². The van der Waals surface area contributed by atoms with E-state index in [0.29, 0.717) is 43.2 Å². The quantitative estimate of drug-likeness (QED) is 0.672. The highest BCUT2D eigenvalue weighted by Gasteiger charge is 2.32. The first-order valence-corrected chi connectivity index (χ1v) is 13.0. The van der Waals surface area contributed by atoms with Gasteiger partial charge in [0.2, 0.25) is 15.9 Å². The number of hydrogen-bond acceptors (Lipinski definition) is 5. The van der Waals surface area contributed by atoms with Crippen LogP contribution in [-0.2, 0) is 14.8 Å². The van der Waals surface area contributed by atoms with Crippen LogP contribution in [0.4, 0.5) is 11.4 Å². The van der Waals surface area contributed by atoms with Gasteiger partial charge in [-0.05, 0) is 61.1 Å². The van der Waals surface area contributed by atoms with Gasteiger partial charge < -0.3 is 15.0 Å². The molecule has 2 amide bonds. The molecule has 2 unspecified atom stereocenters. The van der Waals surface area contributed by atoms with Crippen molar-refractivity contribution in [2.45, 2.75) is 38.0 Å². The Morgan fingerprint density at radius 1 is 1.09 bits per heavy atom. The van der Waals surface area contributed by atoms with Crippen molar-refractivity contribution in [1.82, 2.24) is 4.31 Å². The van der Waals surface area contributed by atoms with E-state index in [0.717, 1.165) is 12.8 Å². The van der Waals surface area contributed by atoms with Crippen molar-refractivity contribution < 1.29 is 22.7 Å². The molecular formula is C25H31N3O5S. The molecule has 2 aromatic carbocycles. The number of amides is 2. The normalized spacial score (nSPS) is 21.5. The number of benzene rings is 2. The van der Waals surface area contributed by atoms with E-state index >= 15 is 0 Å². The van der Waals surface area contributed by atoms with Gasteiger partial charge in [-0.15, -0.1) is 0 Å². The number of carbonyl (C=O) groups is 2. The second kappa shape index (κ2) is 9.76. The zero-order chi connectivity index (χ0) is 24.5. The summed E-state index contributed by atoms with van der Waals surface area (Å²) in [6.45, 7) is 5.67. The monoisotopic (exact) mass is 485 g/mol. The minimum atomic E-state index is -3.70. The van der Waals surface area contributed by atoms with Gasteiger partial charge in [0, 0.05) is 37.3 Å². The maximum Gasteiger partial charge on any atom is 0.255 e. The van der Waals surface area contributed by atoms with Crippen molar-refractivity contribution in [3.8, 4) is 5.75 Å². The van der Waals surface area contributed by atoms with E-state index < -0.39 is 15.9 Å². The minimum absolute atomic E-state index is 0.0148. The maximum absolute atomic E-state index is 13.2. The number of hydrogen-bond donors (Lipinski definition) is 1. The van der Waals surface area contributed by atoms with Crippen LogP contribution in [-0.4, -0.2) is 51.3 Å². The topological polar surface area (TPSA) is 96.0 Å². The lowest BCUT2D eigenvalue weighted by Crippen LogP contribution is -2.42. The Morgan fingerprint density at radius 3 is 2.47 bits per heavy atom. The third-order valence-corrected chi connectivity index (χ3v) is 8.20. The molecule has 9 heteroatoms. The summed E-state index contributed by atoms with van der Waals surface area (Å²) < 4.78 is 33.4. The third kappa shape index (κ3) is 4.95. The second-order valence-corrected chi connectivity index (χ2v) is 11.2. The molecule has 2 heterocycles. The molecule has 2 aliphatic rings. The fraction of sp³-hybridized carbons (Fsp3) is 0.440. The Bertz CT molecular complexity index is 1190. The van der Waals surface area contributed by atoms with E-state index in [2.05, 4.69) is 19.2 Å². The first kappa shape index (κ1) is 24.2. The first-order valence-electron chi connectivity index (χ1n) is 11.6. The van der Waals surface area contributed by atoms with Crippen LogP contribution in [0.5, 0.6) is 5.75 Å². The zero-order valence-electron chi connectivity index (χ0n) is 19.8. The van der Waals surface area contributed by atoms with Gasteiger partial charge in [0.1, 0.15) is 5.75 Å². The number of nitrogens with one attached hydrogen (secondary N) is 1. The lowest BCUT2D eigenvalue weighted by Gasteiger charge is -2.34. The molecule has 4 rings (SSSR count).